The van der Waals surface area contributed by atoms with Crippen molar-refractivity contribution < 1.29 is 9.32 Å². The van der Waals surface area contributed by atoms with Crippen molar-refractivity contribution in [3.8, 4) is 5.69 Å². The molecule has 0 aliphatic heterocycles. The number of benzene rings is 1. The third kappa shape index (κ3) is 2.69. The molecule has 24 heavy (non-hydrogen) atoms. The molecule has 0 aliphatic rings. The Labute approximate surface area is 136 Å². The third-order valence-electron chi connectivity index (χ3n) is 3.75. The summed E-state index contributed by atoms with van der Waals surface area (Å²) in [6, 6.07) is 10.6. The highest BCUT2D eigenvalue weighted by Crippen LogP contribution is 2.07. The van der Waals surface area contributed by atoms with Gasteiger partial charge in [0, 0.05) is 13.1 Å². The van der Waals surface area contributed by atoms with Crippen LogP contribution in [0, 0.1) is 6.92 Å². The number of carbonyl (C=O) groups is 1. The maximum absolute atomic E-state index is 12.2. The number of aryl methyl sites for hydroxylation is 1. The lowest BCUT2D eigenvalue weighted by Crippen LogP contribution is -2.29. The predicted octanol–water partition coefficient (Wildman–Crippen LogP) is 0.696. The highest BCUT2D eigenvalue weighted by atomic mass is 16.5. The molecular formula is C16H16N4O4. The van der Waals surface area contributed by atoms with Gasteiger partial charge in [0.05, 0.1) is 17.9 Å². The monoisotopic (exact) mass is 328 g/mol. The Morgan fingerprint density at radius 2 is 1.96 bits per heavy atom. The summed E-state index contributed by atoms with van der Waals surface area (Å²) >= 11 is 0. The van der Waals surface area contributed by atoms with E-state index in [0.717, 1.165) is 5.69 Å². The van der Waals surface area contributed by atoms with Gasteiger partial charge in [-0.05, 0) is 19.1 Å². The van der Waals surface area contributed by atoms with Crippen LogP contribution < -0.4 is 16.4 Å². The average Bonchev–Trinajstić information content (AvgIpc) is 3.05. The summed E-state index contributed by atoms with van der Waals surface area (Å²) in [7, 11) is 1.73. The molecule has 2 N–H and O–H groups in total. The Morgan fingerprint density at radius 1 is 1.25 bits per heavy atom. The number of amides is 1. The fraction of sp³-hybridized carbons (Fsp3) is 0.188. The molecule has 8 heteroatoms. The summed E-state index contributed by atoms with van der Waals surface area (Å²) in [5, 5.41) is 4.74. The summed E-state index contributed by atoms with van der Waals surface area (Å²) < 4.78 is 7.97. The predicted molar refractivity (Wildman–Crippen MR) is 86.2 cm³/mol. The van der Waals surface area contributed by atoms with Crippen molar-refractivity contribution in [2.24, 2.45) is 7.05 Å². The minimum Gasteiger partial charge on any atom is -0.383 e. The highest BCUT2D eigenvalue weighted by Gasteiger charge is 2.18. The normalized spacial score (nSPS) is 10.8. The van der Waals surface area contributed by atoms with E-state index in [1.807, 2.05) is 30.3 Å². The number of hydrogen-bond donors (Lipinski definition) is 2. The number of aromatic amines is 1. The molecular weight excluding hydrogens is 312 g/mol. The Balaban J connectivity index is 1.84. The maximum atomic E-state index is 12.2. The van der Waals surface area contributed by atoms with Crippen LogP contribution in [0.2, 0.25) is 0 Å². The maximum Gasteiger partial charge on any atom is 0.293 e. The molecule has 2 aromatic heterocycles. The standard InChI is InChI=1S/C16H16N4O4/c1-10-14(16(23)18-24-10)15(22)17-9-12-8-13(21)20(19(12)2)11-6-4-3-5-7-11/h3-8H,9H2,1-2H3,(H,17,22)(H,18,23). The smallest absolute Gasteiger partial charge is 0.293 e. The van der Waals surface area contributed by atoms with E-state index in [4.69, 9.17) is 4.52 Å². The quantitative estimate of drug-likeness (QED) is 0.736. The van der Waals surface area contributed by atoms with Gasteiger partial charge in [-0.3, -0.25) is 19.1 Å². The Kier molecular flexibility index (Phi) is 3.95. The molecule has 2 heterocycles. The number of para-hydroxylation sites is 1. The lowest BCUT2D eigenvalue weighted by Gasteiger charge is -2.10. The van der Waals surface area contributed by atoms with Gasteiger partial charge in [-0.2, -0.15) is 5.16 Å². The first-order valence-electron chi connectivity index (χ1n) is 7.28. The Bertz CT molecular complexity index is 991. The van der Waals surface area contributed by atoms with Crippen LogP contribution in [0.25, 0.3) is 5.69 Å². The second kappa shape index (κ2) is 6.07. The second-order valence-electron chi connectivity index (χ2n) is 5.29. The molecule has 0 unspecified atom stereocenters. The first-order valence-corrected chi connectivity index (χ1v) is 7.28. The van der Waals surface area contributed by atoms with E-state index in [1.54, 1.807) is 11.7 Å². The van der Waals surface area contributed by atoms with Gasteiger partial charge in [0.1, 0.15) is 11.3 Å². The molecule has 0 aliphatic carbocycles. The summed E-state index contributed by atoms with van der Waals surface area (Å²) in [5.74, 6) is -0.337. The lowest BCUT2D eigenvalue weighted by atomic mass is 10.2. The van der Waals surface area contributed by atoms with Crippen LogP contribution in [0.5, 0.6) is 0 Å². The largest absolute Gasteiger partial charge is 0.383 e. The molecule has 8 nitrogen and oxygen atoms in total. The molecule has 1 aromatic carbocycles. The number of nitrogens with one attached hydrogen (secondary N) is 2. The number of aromatic nitrogens is 3. The van der Waals surface area contributed by atoms with Gasteiger partial charge in [-0.25, -0.2) is 4.68 Å². The molecule has 0 fully saturated rings. The fourth-order valence-corrected chi connectivity index (χ4v) is 2.52. The van der Waals surface area contributed by atoms with E-state index in [2.05, 4.69) is 10.5 Å². The van der Waals surface area contributed by atoms with Crippen LogP contribution in [0.15, 0.2) is 50.5 Å². The number of carbonyl (C=O) groups excluding carboxylic acids is 1. The summed E-state index contributed by atoms with van der Waals surface area (Å²) in [6.07, 6.45) is 0. The van der Waals surface area contributed by atoms with Gasteiger partial charge in [-0.1, -0.05) is 18.2 Å². The molecule has 3 aromatic rings. The van der Waals surface area contributed by atoms with Crippen LogP contribution in [-0.4, -0.2) is 20.4 Å². The van der Waals surface area contributed by atoms with Crippen LogP contribution in [0.3, 0.4) is 0 Å². The Hall–Kier alpha value is -3.29. The zero-order valence-corrected chi connectivity index (χ0v) is 13.2. The van der Waals surface area contributed by atoms with Gasteiger partial charge in [0.2, 0.25) is 0 Å². The number of H-pyrrole nitrogens is 1. The van der Waals surface area contributed by atoms with Gasteiger partial charge in [-0.15, -0.1) is 0 Å². The molecule has 0 bridgehead atoms. The molecule has 0 spiro atoms. The molecule has 0 saturated carbocycles. The molecule has 1 amide bonds. The fourth-order valence-electron chi connectivity index (χ4n) is 2.52. The lowest BCUT2D eigenvalue weighted by molar-refractivity contribution is 0.0947. The van der Waals surface area contributed by atoms with E-state index in [9.17, 15) is 14.4 Å². The summed E-state index contributed by atoms with van der Waals surface area (Å²) in [6.45, 7) is 1.63. The third-order valence-corrected chi connectivity index (χ3v) is 3.75. The first-order chi connectivity index (χ1) is 11.5. The zero-order valence-electron chi connectivity index (χ0n) is 13.2. The van der Waals surface area contributed by atoms with Crippen LogP contribution in [0.1, 0.15) is 21.8 Å². The van der Waals surface area contributed by atoms with Gasteiger partial charge < -0.3 is 9.84 Å². The van der Waals surface area contributed by atoms with Crippen molar-refractivity contribution in [1.82, 2.24) is 19.8 Å². The number of rotatable bonds is 4. The SMILES string of the molecule is Cc1o[nH]c(=O)c1C(=O)NCc1cc(=O)n(-c2ccccc2)n1C. The van der Waals surface area contributed by atoms with E-state index in [0.29, 0.717) is 5.69 Å². The van der Waals surface area contributed by atoms with E-state index < -0.39 is 11.5 Å². The van der Waals surface area contributed by atoms with Crippen molar-refractivity contribution in [2.45, 2.75) is 13.5 Å². The number of nitrogens with zero attached hydrogens (tertiary/aromatic N) is 2. The second-order valence-corrected chi connectivity index (χ2v) is 5.29. The van der Waals surface area contributed by atoms with Crippen molar-refractivity contribution in [3.63, 3.8) is 0 Å². The average molecular weight is 328 g/mol. The highest BCUT2D eigenvalue weighted by molar-refractivity contribution is 5.94. The van der Waals surface area contributed by atoms with Crippen molar-refractivity contribution in [2.75, 3.05) is 0 Å². The van der Waals surface area contributed by atoms with E-state index in [1.165, 1.54) is 17.7 Å². The van der Waals surface area contributed by atoms with Crippen LogP contribution >= 0.6 is 0 Å². The van der Waals surface area contributed by atoms with Crippen LogP contribution in [0.4, 0.5) is 0 Å². The molecule has 124 valence electrons. The van der Waals surface area contributed by atoms with E-state index in [-0.39, 0.29) is 23.4 Å². The summed E-state index contributed by atoms with van der Waals surface area (Å²) in [5.41, 5.74) is 0.480. The van der Waals surface area contributed by atoms with Gasteiger partial charge >= 0.3 is 0 Å². The van der Waals surface area contributed by atoms with Crippen molar-refractivity contribution in [1.29, 1.82) is 0 Å². The Morgan fingerprint density at radius 3 is 2.58 bits per heavy atom. The van der Waals surface area contributed by atoms with Crippen molar-refractivity contribution >= 4 is 5.91 Å². The zero-order chi connectivity index (χ0) is 17.3. The molecule has 0 radical (unpaired) electrons. The first kappa shape index (κ1) is 15.6. The summed E-state index contributed by atoms with van der Waals surface area (Å²) in [4.78, 5) is 35.8. The van der Waals surface area contributed by atoms with Gasteiger partial charge in [0.15, 0.2) is 0 Å². The van der Waals surface area contributed by atoms with Gasteiger partial charge in [0.25, 0.3) is 17.0 Å². The minimum atomic E-state index is -0.583. The minimum absolute atomic E-state index is 0.0671. The van der Waals surface area contributed by atoms with Crippen molar-refractivity contribution in [3.05, 3.63) is 74.1 Å². The van der Waals surface area contributed by atoms with Crippen LogP contribution in [-0.2, 0) is 13.6 Å². The molecule has 0 atom stereocenters. The topological polar surface area (TPSA) is 102 Å². The van der Waals surface area contributed by atoms with E-state index >= 15 is 0 Å². The molecule has 0 saturated heterocycles. The molecule has 3 rings (SSSR count). The number of hydrogen-bond acceptors (Lipinski definition) is 4.